The third-order valence-corrected chi connectivity index (χ3v) is 4.33. The van der Waals surface area contributed by atoms with Crippen LogP contribution in [0.2, 0.25) is 0 Å². The highest BCUT2D eigenvalue weighted by atomic mass is 16.2. The Bertz CT molecular complexity index is 652. The Labute approximate surface area is 135 Å². The van der Waals surface area contributed by atoms with Crippen LogP contribution in [0.1, 0.15) is 36.1 Å². The average molecular weight is 314 g/mol. The molecule has 3 rings (SSSR count). The molecular formula is C16H22N6O. The van der Waals surface area contributed by atoms with Crippen molar-refractivity contribution in [3.63, 3.8) is 0 Å². The van der Waals surface area contributed by atoms with Crippen LogP contribution in [0, 0.1) is 0 Å². The van der Waals surface area contributed by atoms with Crippen LogP contribution >= 0.6 is 0 Å². The van der Waals surface area contributed by atoms with E-state index in [1.807, 2.05) is 17.2 Å². The Morgan fingerprint density at radius 2 is 2.13 bits per heavy atom. The topological polar surface area (TPSA) is 67.2 Å². The van der Waals surface area contributed by atoms with Crippen molar-refractivity contribution in [1.29, 1.82) is 0 Å². The van der Waals surface area contributed by atoms with Crippen molar-refractivity contribution in [3.8, 4) is 0 Å². The molecule has 1 atom stereocenters. The third-order valence-electron chi connectivity index (χ3n) is 4.33. The lowest BCUT2D eigenvalue weighted by Gasteiger charge is -2.36. The van der Waals surface area contributed by atoms with Crippen molar-refractivity contribution >= 4 is 5.91 Å². The fourth-order valence-corrected chi connectivity index (χ4v) is 3.04. The van der Waals surface area contributed by atoms with Gasteiger partial charge < -0.3 is 9.80 Å². The zero-order chi connectivity index (χ0) is 16.2. The molecule has 122 valence electrons. The number of carbonyl (C=O) groups is 1. The zero-order valence-electron chi connectivity index (χ0n) is 13.6. The second-order valence-corrected chi connectivity index (χ2v) is 5.69. The first-order chi connectivity index (χ1) is 11.2. The Hall–Kier alpha value is -2.28. The second-order valence-electron chi connectivity index (χ2n) is 5.69. The van der Waals surface area contributed by atoms with Gasteiger partial charge in [-0.3, -0.25) is 9.48 Å². The molecule has 1 amide bonds. The fraction of sp³-hybridized carbons (Fsp3) is 0.500. The summed E-state index contributed by atoms with van der Waals surface area (Å²) in [4.78, 5) is 24.9. The molecule has 2 aromatic heterocycles. The normalized spacial score (nSPS) is 17.3. The summed E-state index contributed by atoms with van der Waals surface area (Å²) in [6.07, 6.45) is 4.82. The van der Waals surface area contributed by atoms with E-state index in [1.54, 1.807) is 12.3 Å². The van der Waals surface area contributed by atoms with E-state index in [0.717, 1.165) is 25.3 Å². The molecule has 23 heavy (non-hydrogen) atoms. The van der Waals surface area contributed by atoms with Gasteiger partial charge in [-0.1, -0.05) is 13.8 Å². The molecule has 3 heterocycles. The quantitative estimate of drug-likeness (QED) is 0.830. The number of amides is 1. The number of fused-ring (bicyclic) bond motifs is 1. The van der Waals surface area contributed by atoms with Crippen LogP contribution < -0.4 is 0 Å². The van der Waals surface area contributed by atoms with Crippen molar-refractivity contribution in [2.24, 2.45) is 0 Å². The zero-order valence-corrected chi connectivity index (χ0v) is 13.6. The lowest BCUT2D eigenvalue weighted by atomic mass is 10.1. The number of aromatic nitrogens is 4. The highest BCUT2D eigenvalue weighted by Crippen LogP contribution is 2.22. The molecule has 0 saturated heterocycles. The first-order valence-corrected chi connectivity index (χ1v) is 8.03. The maximum Gasteiger partial charge on any atom is 0.272 e. The van der Waals surface area contributed by atoms with Gasteiger partial charge in [0.2, 0.25) is 0 Å². The van der Waals surface area contributed by atoms with Gasteiger partial charge in [0.05, 0.1) is 18.3 Å². The molecule has 0 fully saturated rings. The molecule has 1 aliphatic heterocycles. The summed E-state index contributed by atoms with van der Waals surface area (Å²) in [7, 11) is 0. The van der Waals surface area contributed by atoms with E-state index in [-0.39, 0.29) is 11.9 Å². The first kappa shape index (κ1) is 15.6. The predicted molar refractivity (Wildman–Crippen MR) is 85.8 cm³/mol. The van der Waals surface area contributed by atoms with Crippen molar-refractivity contribution in [2.75, 3.05) is 26.2 Å². The lowest BCUT2D eigenvalue weighted by molar-refractivity contribution is 0.0636. The number of carbonyl (C=O) groups excluding carboxylic acids is 1. The number of hydrogen-bond donors (Lipinski definition) is 0. The van der Waals surface area contributed by atoms with E-state index in [0.29, 0.717) is 18.8 Å². The summed E-state index contributed by atoms with van der Waals surface area (Å²) in [5.41, 5.74) is 1.50. The fourth-order valence-electron chi connectivity index (χ4n) is 3.04. The molecule has 2 aromatic rings. The second kappa shape index (κ2) is 6.87. The molecule has 0 aromatic carbocycles. The smallest absolute Gasteiger partial charge is 0.272 e. The molecule has 0 saturated carbocycles. The van der Waals surface area contributed by atoms with Gasteiger partial charge in [-0.2, -0.15) is 5.10 Å². The average Bonchev–Trinajstić information content (AvgIpc) is 3.08. The van der Waals surface area contributed by atoms with Crippen LogP contribution in [0.15, 0.2) is 30.9 Å². The minimum atomic E-state index is -0.0515. The van der Waals surface area contributed by atoms with E-state index in [1.165, 1.54) is 6.33 Å². The van der Waals surface area contributed by atoms with Crippen molar-refractivity contribution < 1.29 is 4.79 Å². The molecule has 7 heteroatoms. The standard InChI is InChI=1S/C16H22N6O/c1-3-20(4-2)9-14-11-21(10-13-5-8-19-22(13)14)16(23)15-6-7-17-12-18-15/h5-8,12,14H,3-4,9-11H2,1-2H3. The van der Waals surface area contributed by atoms with Crippen LogP contribution in [0.4, 0.5) is 0 Å². The number of rotatable bonds is 5. The van der Waals surface area contributed by atoms with Gasteiger partial charge >= 0.3 is 0 Å². The number of likely N-dealkylation sites (N-methyl/N-ethyl adjacent to an activating group) is 1. The minimum absolute atomic E-state index is 0.0515. The van der Waals surface area contributed by atoms with Gasteiger partial charge in [-0.05, 0) is 25.2 Å². The van der Waals surface area contributed by atoms with Gasteiger partial charge in [0.1, 0.15) is 12.0 Å². The number of nitrogens with zero attached hydrogens (tertiary/aromatic N) is 6. The van der Waals surface area contributed by atoms with Gasteiger partial charge in [0.15, 0.2) is 0 Å². The molecule has 0 spiro atoms. The maximum atomic E-state index is 12.7. The van der Waals surface area contributed by atoms with E-state index in [2.05, 4.69) is 38.5 Å². The highest BCUT2D eigenvalue weighted by Gasteiger charge is 2.30. The van der Waals surface area contributed by atoms with Gasteiger partial charge in [0.25, 0.3) is 5.91 Å². The van der Waals surface area contributed by atoms with Crippen molar-refractivity contribution in [3.05, 3.63) is 42.2 Å². The first-order valence-electron chi connectivity index (χ1n) is 8.03. The Morgan fingerprint density at radius 3 is 2.83 bits per heavy atom. The lowest BCUT2D eigenvalue weighted by Crippen LogP contribution is -2.45. The third kappa shape index (κ3) is 3.24. The maximum absolute atomic E-state index is 12.7. The largest absolute Gasteiger partial charge is 0.329 e. The molecule has 0 radical (unpaired) electrons. The van der Waals surface area contributed by atoms with E-state index in [4.69, 9.17) is 0 Å². The summed E-state index contributed by atoms with van der Waals surface area (Å²) >= 11 is 0. The Morgan fingerprint density at radius 1 is 1.30 bits per heavy atom. The SMILES string of the molecule is CCN(CC)CC1CN(C(=O)c2ccncn2)Cc2ccnn21. The summed E-state index contributed by atoms with van der Waals surface area (Å²) in [6.45, 7) is 8.38. The molecule has 0 bridgehead atoms. The molecule has 7 nitrogen and oxygen atoms in total. The predicted octanol–water partition coefficient (Wildman–Crippen LogP) is 1.21. The van der Waals surface area contributed by atoms with Crippen molar-refractivity contribution in [1.82, 2.24) is 29.5 Å². The van der Waals surface area contributed by atoms with Gasteiger partial charge in [-0.25, -0.2) is 9.97 Å². The molecular weight excluding hydrogens is 292 g/mol. The summed E-state index contributed by atoms with van der Waals surface area (Å²) < 4.78 is 2.06. The van der Waals surface area contributed by atoms with E-state index >= 15 is 0 Å². The van der Waals surface area contributed by atoms with Crippen LogP contribution in [0.5, 0.6) is 0 Å². The van der Waals surface area contributed by atoms with Crippen LogP contribution in [-0.4, -0.2) is 61.6 Å². The number of hydrogen-bond acceptors (Lipinski definition) is 5. The Kier molecular flexibility index (Phi) is 4.66. The van der Waals surface area contributed by atoms with E-state index < -0.39 is 0 Å². The molecule has 0 N–H and O–H groups in total. The van der Waals surface area contributed by atoms with E-state index in [9.17, 15) is 4.79 Å². The van der Waals surface area contributed by atoms with Gasteiger partial charge in [0, 0.05) is 25.5 Å². The van der Waals surface area contributed by atoms with Gasteiger partial charge in [-0.15, -0.1) is 0 Å². The summed E-state index contributed by atoms with van der Waals surface area (Å²) in [5, 5.41) is 4.45. The molecule has 1 unspecified atom stereocenters. The van der Waals surface area contributed by atoms with Crippen LogP contribution in [0.25, 0.3) is 0 Å². The summed E-state index contributed by atoms with van der Waals surface area (Å²) in [5.74, 6) is -0.0515. The van der Waals surface area contributed by atoms with Crippen LogP contribution in [-0.2, 0) is 6.54 Å². The summed E-state index contributed by atoms with van der Waals surface area (Å²) in [6, 6.07) is 3.81. The highest BCUT2D eigenvalue weighted by molar-refractivity contribution is 5.92. The molecule has 0 aliphatic carbocycles. The minimum Gasteiger partial charge on any atom is -0.329 e. The van der Waals surface area contributed by atoms with Crippen molar-refractivity contribution in [2.45, 2.75) is 26.4 Å². The molecule has 1 aliphatic rings. The van der Waals surface area contributed by atoms with Crippen LogP contribution in [0.3, 0.4) is 0 Å². The monoisotopic (exact) mass is 314 g/mol. The Balaban J connectivity index is 1.81.